The van der Waals surface area contributed by atoms with Crippen LogP contribution in [0.4, 0.5) is 0 Å². The molecule has 0 aliphatic rings. The third kappa shape index (κ3) is 3.30. The molecule has 0 spiro atoms. The molecule has 2 heterocycles. The Morgan fingerprint density at radius 3 is 2.85 bits per heavy atom. The standard InChI is InChI=1S/C14H18N2O2S2/c1-8(2)5-4-6-19-12-10-9(3)11(14(17)18)20-13(10)16-7-15-12/h7-8H,4-6H2,1-3H3,(H,17,18). The van der Waals surface area contributed by atoms with Crippen LogP contribution >= 0.6 is 23.1 Å². The van der Waals surface area contributed by atoms with Crippen molar-refractivity contribution >= 4 is 39.3 Å². The molecule has 0 atom stereocenters. The molecule has 108 valence electrons. The number of thiophene rings is 1. The van der Waals surface area contributed by atoms with Crippen molar-refractivity contribution in [2.24, 2.45) is 5.92 Å². The van der Waals surface area contributed by atoms with Crippen LogP contribution in [0.2, 0.25) is 0 Å². The molecule has 0 fully saturated rings. The zero-order chi connectivity index (χ0) is 14.7. The first-order valence-corrected chi connectivity index (χ1v) is 8.41. The number of aromatic carboxylic acids is 1. The van der Waals surface area contributed by atoms with Crippen LogP contribution in [0.5, 0.6) is 0 Å². The van der Waals surface area contributed by atoms with Crippen LogP contribution in [0.15, 0.2) is 11.4 Å². The van der Waals surface area contributed by atoms with Crippen LogP contribution in [-0.2, 0) is 0 Å². The molecule has 2 rings (SSSR count). The Bertz CT molecular complexity index is 623. The van der Waals surface area contributed by atoms with Crippen molar-refractivity contribution in [1.29, 1.82) is 0 Å². The van der Waals surface area contributed by atoms with Crippen LogP contribution in [0.25, 0.3) is 10.2 Å². The van der Waals surface area contributed by atoms with Gasteiger partial charge in [0.1, 0.15) is 21.1 Å². The molecule has 20 heavy (non-hydrogen) atoms. The normalized spacial score (nSPS) is 11.4. The van der Waals surface area contributed by atoms with Gasteiger partial charge in [0.05, 0.1) is 0 Å². The van der Waals surface area contributed by atoms with E-state index in [1.54, 1.807) is 11.8 Å². The van der Waals surface area contributed by atoms with Gasteiger partial charge in [-0.25, -0.2) is 14.8 Å². The Morgan fingerprint density at radius 2 is 2.20 bits per heavy atom. The van der Waals surface area contributed by atoms with Gasteiger partial charge < -0.3 is 5.11 Å². The molecule has 0 aromatic carbocycles. The predicted octanol–water partition coefficient (Wildman–Crippen LogP) is 4.23. The number of aromatic nitrogens is 2. The summed E-state index contributed by atoms with van der Waals surface area (Å²) >= 11 is 2.92. The number of rotatable bonds is 6. The van der Waals surface area contributed by atoms with Gasteiger partial charge in [-0.3, -0.25) is 0 Å². The van der Waals surface area contributed by atoms with E-state index in [-0.39, 0.29) is 0 Å². The fourth-order valence-electron chi connectivity index (χ4n) is 2.01. The summed E-state index contributed by atoms with van der Waals surface area (Å²) in [5, 5.41) is 11.0. The lowest BCUT2D eigenvalue weighted by atomic mass is 10.1. The zero-order valence-corrected chi connectivity index (χ0v) is 13.5. The first-order chi connectivity index (χ1) is 9.50. The van der Waals surface area contributed by atoms with E-state index in [1.165, 1.54) is 24.1 Å². The summed E-state index contributed by atoms with van der Waals surface area (Å²) in [6.45, 7) is 6.27. The smallest absolute Gasteiger partial charge is 0.346 e. The second kappa shape index (κ2) is 6.54. The lowest BCUT2D eigenvalue weighted by Crippen LogP contribution is -1.94. The van der Waals surface area contributed by atoms with Crippen LogP contribution in [-0.4, -0.2) is 26.8 Å². The summed E-state index contributed by atoms with van der Waals surface area (Å²) in [4.78, 5) is 20.8. The van der Waals surface area contributed by atoms with Gasteiger partial charge in [-0.15, -0.1) is 23.1 Å². The molecule has 0 radical (unpaired) electrons. The van der Waals surface area contributed by atoms with Crippen molar-refractivity contribution in [3.8, 4) is 0 Å². The Balaban J connectivity index is 2.23. The number of aryl methyl sites for hydroxylation is 1. The Kier molecular flexibility index (Phi) is 4.99. The molecule has 1 N–H and O–H groups in total. The van der Waals surface area contributed by atoms with E-state index in [1.807, 2.05) is 6.92 Å². The number of carbonyl (C=O) groups is 1. The highest BCUT2D eigenvalue weighted by molar-refractivity contribution is 7.99. The predicted molar refractivity (Wildman–Crippen MR) is 83.9 cm³/mol. The third-order valence-electron chi connectivity index (χ3n) is 3.05. The fraction of sp³-hybridized carbons (Fsp3) is 0.500. The molecule has 4 nitrogen and oxygen atoms in total. The number of hydrogen-bond donors (Lipinski definition) is 1. The number of hydrogen-bond acceptors (Lipinski definition) is 5. The van der Waals surface area contributed by atoms with Gasteiger partial charge in [0, 0.05) is 5.39 Å². The summed E-state index contributed by atoms with van der Waals surface area (Å²) in [6.07, 6.45) is 3.86. The van der Waals surface area contributed by atoms with E-state index in [0.717, 1.165) is 33.0 Å². The second-order valence-electron chi connectivity index (χ2n) is 5.10. The first-order valence-electron chi connectivity index (χ1n) is 6.61. The molecule has 0 aliphatic heterocycles. The molecule has 0 aliphatic carbocycles. The lowest BCUT2D eigenvalue weighted by Gasteiger charge is -2.05. The average molecular weight is 310 g/mol. The number of thioether (sulfide) groups is 1. The number of fused-ring (bicyclic) bond motifs is 1. The molecule has 0 bridgehead atoms. The molecule has 0 amide bonds. The van der Waals surface area contributed by atoms with Crippen LogP contribution in [0.3, 0.4) is 0 Å². The minimum atomic E-state index is -0.888. The minimum Gasteiger partial charge on any atom is -0.477 e. The van der Waals surface area contributed by atoms with Gasteiger partial charge in [-0.05, 0) is 30.6 Å². The van der Waals surface area contributed by atoms with Gasteiger partial charge in [-0.1, -0.05) is 20.3 Å². The zero-order valence-electron chi connectivity index (χ0n) is 11.8. The molecule has 2 aromatic heterocycles. The summed E-state index contributed by atoms with van der Waals surface area (Å²) < 4.78 is 0. The maximum absolute atomic E-state index is 11.2. The van der Waals surface area contributed by atoms with Crippen LogP contribution < -0.4 is 0 Å². The first kappa shape index (κ1) is 15.3. The second-order valence-corrected chi connectivity index (χ2v) is 7.19. The van der Waals surface area contributed by atoms with Gasteiger partial charge in [-0.2, -0.15) is 0 Å². The highest BCUT2D eigenvalue weighted by Gasteiger charge is 2.18. The molecular weight excluding hydrogens is 292 g/mol. The van der Waals surface area contributed by atoms with Crippen molar-refractivity contribution in [1.82, 2.24) is 9.97 Å². The summed E-state index contributed by atoms with van der Waals surface area (Å²) in [6, 6.07) is 0. The maximum atomic E-state index is 11.2. The third-order valence-corrected chi connectivity index (χ3v) is 5.31. The molecule has 0 saturated carbocycles. The van der Waals surface area contributed by atoms with E-state index in [9.17, 15) is 9.90 Å². The van der Waals surface area contributed by atoms with Crippen LogP contribution in [0.1, 0.15) is 41.9 Å². The largest absolute Gasteiger partial charge is 0.477 e. The Hall–Kier alpha value is -1.14. The van der Waals surface area contributed by atoms with E-state index >= 15 is 0 Å². The van der Waals surface area contributed by atoms with Crippen molar-refractivity contribution in [3.63, 3.8) is 0 Å². The summed E-state index contributed by atoms with van der Waals surface area (Å²) in [5.41, 5.74) is 0.782. The average Bonchev–Trinajstić information content (AvgIpc) is 2.73. The van der Waals surface area contributed by atoms with Crippen molar-refractivity contribution < 1.29 is 9.90 Å². The van der Waals surface area contributed by atoms with E-state index in [2.05, 4.69) is 23.8 Å². The number of carboxylic acids is 1. The fourth-order valence-corrected chi connectivity index (χ4v) is 4.09. The number of carboxylic acid groups (broad SMARTS) is 1. The Morgan fingerprint density at radius 1 is 1.45 bits per heavy atom. The van der Waals surface area contributed by atoms with E-state index in [4.69, 9.17) is 0 Å². The van der Waals surface area contributed by atoms with Gasteiger partial charge >= 0.3 is 5.97 Å². The number of nitrogens with zero attached hydrogens (tertiary/aromatic N) is 2. The monoisotopic (exact) mass is 310 g/mol. The summed E-state index contributed by atoms with van der Waals surface area (Å²) in [7, 11) is 0. The highest BCUT2D eigenvalue weighted by atomic mass is 32.2. The van der Waals surface area contributed by atoms with E-state index in [0.29, 0.717) is 10.8 Å². The van der Waals surface area contributed by atoms with Gasteiger partial charge in [0.2, 0.25) is 0 Å². The quantitative estimate of drug-likeness (QED) is 0.491. The van der Waals surface area contributed by atoms with Gasteiger partial charge in [0.25, 0.3) is 0 Å². The van der Waals surface area contributed by atoms with Crippen molar-refractivity contribution in [2.75, 3.05) is 5.75 Å². The molecule has 0 unspecified atom stereocenters. The highest BCUT2D eigenvalue weighted by Crippen LogP contribution is 2.35. The van der Waals surface area contributed by atoms with E-state index < -0.39 is 5.97 Å². The summed E-state index contributed by atoms with van der Waals surface area (Å²) in [5.74, 6) is 0.825. The molecule has 6 heteroatoms. The maximum Gasteiger partial charge on any atom is 0.346 e. The Labute approximate surface area is 126 Å². The van der Waals surface area contributed by atoms with Crippen molar-refractivity contribution in [2.45, 2.75) is 38.6 Å². The van der Waals surface area contributed by atoms with Crippen LogP contribution in [0, 0.1) is 12.8 Å². The topological polar surface area (TPSA) is 63.1 Å². The lowest BCUT2D eigenvalue weighted by molar-refractivity contribution is 0.0701. The molecule has 2 aromatic rings. The molecule has 0 saturated heterocycles. The minimum absolute atomic E-state index is 0.365. The van der Waals surface area contributed by atoms with Gasteiger partial charge in [0.15, 0.2) is 0 Å². The molecular formula is C14H18N2O2S2. The SMILES string of the molecule is Cc1c(C(=O)O)sc2ncnc(SCCCC(C)C)c12. The van der Waals surface area contributed by atoms with Crippen molar-refractivity contribution in [3.05, 3.63) is 16.8 Å².